The fraction of sp³-hybridized carbons (Fsp3) is 0.429. The minimum Gasteiger partial charge on any atom is -0.388 e. The van der Waals surface area contributed by atoms with E-state index in [1.54, 1.807) is 23.8 Å². The SMILES string of the molecule is Cc1ccn(C(C)c2ccccc2)c(=O)c1C(=O)NCC1(O)CCOCC1. The van der Waals surface area contributed by atoms with Gasteiger partial charge in [0.15, 0.2) is 0 Å². The standard InChI is InChI=1S/C21H26N2O4/c1-15-8-11-23(16(2)17-6-4-3-5-7-17)20(25)18(15)19(24)22-14-21(26)9-12-27-13-10-21/h3-8,11,16,26H,9-10,12-14H2,1-2H3,(H,22,24). The van der Waals surface area contributed by atoms with E-state index in [0.717, 1.165) is 5.56 Å². The predicted molar refractivity (Wildman–Crippen MR) is 103 cm³/mol. The van der Waals surface area contributed by atoms with Gasteiger partial charge in [-0.05, 0) is 31.0 Å². The number of rotatable bonds is 5. The van der Waals surface area contributed by atoms with Gasteiger partial charge < -0.3 is 19.7 Å². The van der Waals surface area contributed by atoms with Gasteiger partial charge in [-0.15, -0.1) is 0 Å². The molecule has 0 radical (unpaired) electrons. The summed E-state index contributed by atoms with van der Waals surface area (Å²) in [5, 5.41) is 13.3. The Balaban J connectivity index is 1.82. The van der Waals surface area contributed by atoms with E-state index >= 15 is 0 Å². The summed E-state index contributed by atoms with van der Waals surface area (Å²) in [6.45, 7) is 4.73. The molecule has 1 aromatic heterocycles. The Labute approximate surface area is 158 Å². The third kappa shape index (κ3) is 4.28. The van der Waals surface area contributed by atoms with Gasteiger partial charge in [-0.3, -0.25) is 9.59 Å². The lowest BCUT2D eigenvalue weighted by molar-refractivity contribution is -0.0605. The Morgan fingerprint density at radius 2 is 1.93 bits per heavy atom. The zero-order chi connectivity index (χ0) is 19.4. The lowest BCUT2D eigenvalue weighted by Gasteiger charge is -2.32. The molecule has 2 heterocycles. The van der Waals surface area contributed by atoms with E-state index in [1.165, 1.54) is 0 Å². The van der Waals surface area contributed by atoms with Crippen molar-refractivity contribution in [1.29, 1.82) is 0 Å². The van der Waals surface area contributed by atoms with Crippen molar-refractivity contribution in [1.82, 2.24) is 9.88 Å². The van der Waals surface area contributed by atoms with Gasteiger partial charge in [0, 0.05) is 38.8 Å². The van der Waals surface area contributed by atoms with Crippen LogP contribution in [0.15, 0.2) is 47.4 Å². The van der Waals surface area contributed by atoms with Crippen LogP contribution < -0.4 is 10.9 Å². The minimum absolute atomic E-state index is 0.108. The first-order valence-corrected chi connectivity index (χ1v) is 9.26. The van der Waals surface area contributed by atoms with Crippen molar-refractivity contribution in [2.45, 2.75) is 38.3 Å². The van der Waals surface area contributed by atoms with Gasteiger partial charge in [-0.1, -0.05) is 30.3 Å². The lowest BCUT2D eigenvalue weighted by atomic mass is 9.94. The van der Waals surface area contributed by atoms with Crippen molar-refractivity contribution in [2.24, 2.45) is 0 Å². The van der Waals surface area contributed by atoms with Crippen LogP contribution in [0.3, 0.4) is 0 Å². The average Bonchev–Trinajstić information content (AvgIpc) is 2.67. The van der Waals surface area contributed by atoms with Gasteiger partial charge in [-0.25, -0.2) is 0 Å². The van der Waals surface area contributed by atoms with Gasteiger partial charge in [-0.2, -0.15) is 0 Å². The number of carbonyl (C=O) groups is 1. The number of hydrogen-bond donors (Lipinski definition) is 2. The van der Waals surface area contributed by atoms with Gasteiger partial charge >= 0.3 is 0 Å². The zero-order valence-electron chi connectivity index (χ0n) is 15.8. The number of hydrogen-bond acceptors (Lipinski definition) is 4. The van der Waals surface area contributed by atoms with Crippen LogP contribution in [0.2, 0.25) is 0 Å². The van der Waals surface area contributed by atoms with Crippen LogP contribution in [0.4, 0.5) is 0 Å². The summed E-state index contributed by atoms with van der Waals surface area (Å²) in [6.07, 6.45) is 2.66. The zero-order valence-corrected chi connectivity index (χ0v) is 15.8. The second kappa shape index (κ2) is 8.06. The molecule has 1 aliphatic heterocycles. The summed E-state index contributed by atoms with van der Waals surface area (Å²) in [5.74, 6) is -0.452. The molecule has 0 aliphatic carbocycles. The van der Waals surface area contributed by atoms with Crippen LogP contribution in [-0.2, 0) is 4.74 Å². The number of aryl methyl sites for hydroxylation is 1. The number of amides is 1. The maximum absolute atomic E-state index is 13.0. The number of ether oxygens (including phenoxy) is 1. The maximum Gasteiger partial charge on any atom is 0.264 e. The quantitative estimate of drug-likeness (QED) is 0.844. The van der Waals surface area contributed by atoms with Crippen molar-refractivity contribution in [3.8, 4) is 0 Å². The molecule has 27 heavy (non-hydrogen) atoms. The predicted octanol–water partition coefficient (Wildman–Crippen LogP) is 2.04. The van der Waals surface area contributed by atoms with E-state index in [9.17, 15) is 14.7 Å². The van der Waals surface area contributed by atoms with E-state index < -0.39 is 11.5 Å². The Morgan fingerprint density at radius 3 is 2.59 bits per heavy atom. The highest BCUT2D eigenvalue weighted by molar-refractivity contribution is 5.95. The van der Waals surface area contributed by atoms with E-state index in [0.29, 0.717) is 31.6 Å². The largest absolute Gasteiger partial charge is 0.388 e. The summed E-state index contributed by atoms with van der Waals surface area (Å²) < 4.78 is 6.82. The molecule has 6 nitrogen and oxygen atoms in total. The minimum atomic E-state index is -0.979. The van der Waals surface area contributed by atoms with Crippen LogP contribution in [0.1, 0.15) is 47.3 Å². The van der Waals surface area contributed by atoms with Crippen molar-refractivity contribution in [3.05, 3.63) is 69.6 Å². The molecular formula is C21H26N2O4. The number of benzene rings is 1. The Hall–Kier alpha value is -2.44. The first kappa shape index (κ1) is 19.3. The first-order valence-electron chi connectivity index (χ1n) is 9.26. The molecule has 1 amide bonds. The lowest BCUT2D eigenvalue weighted by Crippen LogP contribution is -2.47. The van der Waals surface area contributed by atoms with E-state index in [1.807, 2.05) is 37.3 Å². The number of aliphatic hydroxyl groups is 1. The maximum atomic E-state index is 13.0. The number of pyridine rings is 1. The van der Waals surface area contributed by atoms with Crippen LogP contribution in [0, 0.1) is 6.92 Å². The van der Waals surface area contributed by atoms with Crippen LogP contribution in [-0.4, -0.2) is 40.9 Å². The van der Waals surface area contributed by atoms with Crippen LogP contribution in [0.5, 0.6) is 0 Å². The first-order chi connectivity index (χ1) is 12.9. The number of carbonyl (C=O) groups excluding carboxylic acids is 1. The highest BCUT2D eigenvalue weighted by Crippen LogP contribution is 2.20. The van der Waals surface area contributed by atoms with E-state index in [-0.39, 0.29) is 23.7 Å². The molecular weight excluding hydrogens is 344 g/mol. The smallest absolute Gasteiger partial charge is 0.264 e. The topological polar surface area (TPSA) is 80.6 Å². The molecule has 0 saturated carbocycles. The summed E-state index contributed by atoms with van der Waals surface area (Å²) >= 11 is 0. The molecule has 1 aromatic carbocycles. The van der Waals surface area contributed by atoms with Gasteiger partial charge in [0.25, 0.3) is 11.5 Å². The highest BCUT2D eigenvalue weighted by atomic mass is 16.5. The number of nitrogens with one attached hydrogen (secondary N) is 1. The molecule has 1 saturated heterocycles. The van der Waals surface area contributed by atoms with Crippen LogP contribution >= 0.6 is 0 Å². The van der Waals surface area contributed by atoms with Gasteiger partial charge in [0.05, 0.1) is 11.6 Å². The highest BCUT2D eigenvalue weighted by Gasteiger charge is 2.31. The number of nitrogens with zero attached hydrogens (tertiary/aromatic N) is 1. The molecule has 2 N–H and O–H groups in total. The van der Waals surface area contributed by atoms with Crippen LogP contribution in [0.25, 0.3) is 0 Å². The molecule has 1 unspecified atom stereocenters. The fourth-order valence-corrected chi connectivity index (χ4v) is 3.38. The Bertz CT molecular complexity index is 854. The van der Waals surface area contributed by atoms with Crippen molar-refractivity contribution in [3.63, 3.8) is 0 Å². The fourth-order valence-electron chi connectivity index (χ4n) is 3.38. The number of aromatic nitrogens is 1. The molecule has 1 atom stereocenters. The summed E-state index contributed by atoms with van der Waals surface area (Å²) in [5.41, 5.74) is 0.422. The molecule has 144 valence electrons. The van der Waals surface area contributed by atoms with Gasteiger partial charge in [0.2, 0.25) is 0 Å². The Morgan fingerprint density at radius 1 is 1.26 bits per heavy atom. The third-order valence-electron chi connectivity index (χ3n) is 5.26. The van der Waals surface area contributed by atoms with Crippen molar-refractivity contribution >= 4 is 5.91 Å². The van der Waals surface area contributed by atoms with E-state index in [4.69, 9.17) is 4.74 Å². The normalized spacial score (nSPS) is 17.3. The molecule has 0 spiro atoms. The summed E-state index contributed by atoms with van der Waals surface area (Å²) in [6, 6.07) is 11.3. The van der Waals surface area contributed by atoms with E-state index in [2.05, 4.69) is 5.32 Å². The molecule has 6 heteroatoms. The van der Waals surface area contributed by atoms with Crippen molar-refractivity contribution < 1.29 is 14.6 Å². The molecule has 1 fully saturated rings. The van der Waals surface area contributed by atoms with Gasteiger partial charge in [0.1, 0.15) is 5.56 Å². The monoisotopic (exact) mass is 370 g/mol. The second-order valence-electron chi connectivity index (χ2n) is 7.19. The molecule has 3 rings (SSSR count). The molecule has 1 aliphatic rings. The second-order valence-corrected chi connectivity index (χ2v) is 7.19. The summed E-state index contributed by atoms with van der Waals surface area (Å²) in [7, 11) is 0. The Kier molecular flexibility index (Phi) is 5.77. The average molecular weight is 370 g/mol. The molecule has 0 bridgehead atoms. The molecule has 2 aromatic rings. The third-order valence-corrected chi connectivity index (χ3v) is 5.26. The van der Waals surface area contributed by atoms with Crippen molar-refractivity contribution in [2.75, 3.05) is 19.8 Å². The summed E-state index contributed by atoms with van der Waals surface area (Å²) in [4.78, 5) is 25.7.